The fourth-order valence-corrected chi connectivity index (χ4v) is 2.25. The summed E-state index contributed by atoms with van der Waals surface area (Å²) in [5, 5.41) is 6.71. The minimum absolute atomic E-state index is 0.0870. The highest BCUT2D eigenvalue weighted by Crippen LogP contribution is 2.20. The Hall–Kier alpha value is -1.78. The number of amides is 1. The molecule has 1 aromatic heterocycles. The topological polar surface area (TPSA) is 46.1 Å². The number of hydrogen-bond acceptors (Lipinski definition) is 2. The largest absolute Gasteiger partial charge is 0.341 e. The first kappa shape index (κ1) is 15.6. The molecule has 4 nitrogen and oxygen atoms in total. The fourth-order valence-electron chi connectivity index (χ4n) is 2.06. The summed E-state index contributed by atoms with van der Waals surface area (Å²) in [7, 11) is 0. The molecule has 0 aliphatic carbocycles. The highest BCUT2D eigenvalue weighted by Gasteiger charge is 2.08. The molecule has 112 valence electrons. The van der Waals surface area contributed by atoms with E-state index in [0.29, 0.717) is 10.7 Å². The summed E-state index contributed by atoms with van der Waals surface area (Å²) < 4.78 is 1.94. The lowest BCUT2D eigenvalue weighted by atomic mass is 10.3. The maximum absolute atomic E-state index is 12.1. The molecule has 1 amide bonds. The van der Waals surface area contributed by atoms with Gasteiger partial charge in [-0.2, -0.15) is 0 Å². The Balaban J connectivity index is 1.94. The lowest BCUT2D eigenvalue weighted by Crippen LogP contribution is -2.22. The number of nitrogens with one attached hydrogen (secondary N) is 2. The SMILES string of the molecule is CCCNCc1cccn1CC(=O)Nc1ccccc1Cl. The van der Waals surface area contributed by atoms with Crippen LogP contribution in [0.25, 0.3) is 0 Å². The lowest BCUT2D eigenvalue weighted by molar-refractivity contribution is -0.116. The molecule has 0 spiro atoms. The van der Waals surface area contributed by atoms with Crippen molar-refractivity contribution in [1.29, 1.82) is 0 Å². The van der Waals surface area contributed by atoms with Crippen LogP contribution in [0.15, 0.2) is 42.6 Å². The first-order valence-corrected chi connectivity index (χ1v) is 7.47. The van der Waals surface area contributed by atoms with E-state index in [2.05, 4.69) is 17.6 Å². The van der Waals surface area contributed by atoms with E-state index in [1.54, 1.807) is 12.1 Å². The van der Waals surface area contributed by atoms with Crippen LogP contribution >= 0.6 is 11.6 Å². The predicted molar refractivity (Wildman–Crippen MR) is 86.5 cm³/mol. The van der Waals surface area contributed by atoms with Crippen molar-refractivity contribution >= 4 is 23.2 Å². The summed E-state index contributed by atoms with van der Waals surface area (Å²) in [6.07, 6.45) is 3.00. The number of benzene rings is 1. The zero-order valence-electron chi connectivity index (χ0n) is 12.1. The smallest absolute Gasteiger partial charge is 0.244 e. The Kier molecular flexibility index (Phi) is 5.84. The molecule has 0 radical (unpaired) electrons. The van der Waals surface area contributed by atoms with Gasteiger partial charge in [0, 0.05) is 18.4 Å². The second-order valence-corrected chi connectivity index (χ2v) is 5.24. The van der Waals surface area contributed by atoms with E-state index in [1.165, 1.54) is 0 Å². The maximum atomic E-state index is 12.1. The molecule has 0 saturated carbocycles. The van der Waals surface area contributed by atoms with Crippen LogP contribution in [0.1, 0.15) is 19.0 Å². The molecule has 2 rings (SSSR count). The Bertz CT molecular complexity index is 595. The van der Waals surface area contributed by atoms with E-state index in [9.17, 15) is 4.79 Å². The lowest BCUT2D eigenvalue weighted by Gasteiger charge is -2.11. The second kappa shape index (κ2) is 7.86. The van der Waals surface area contributed by atoms with Crippen molar-refractivity contribution < 1.29 is 4.79 Å². The van der Waals surface area contributed by atoms with Gasteiger partial charge >= 0.3 is 0 Å². The third kappa shape index (κ3) is 4.62. The van der Waals surface area contributed by atoms with Crippen LogP contribution < -0.4 is 10.6 Å². The van der Waals surface area contributed by atoms with E-state index in [1.807, 2.05) is 35.0 Å². The second-order valence-electron chi connectivity index (χ2n) is 4.83. The van der Waals surface area contributed by atoms with Crippen molar-refractivity contribution in [2.45, 2.75) is 26.4 Å². The van der Waals surface area contributed by atoms with Gasteiger partial charge in [0.15, 0.2) is 0 Å². The first-order chi connectivity index (χ1) is 10.2. The van der Waals surface area contributed by atoms with Crippen molar-refractivity contribution in [3.63, 3.8) is 0 Å². The molecule has 0 unspecified atom stereocenters. The predicted octanol–water partition coefficient (Wildman–Crippen LogP) is 3.28. The standard InChI is InChI=1S/C16H20ClN3O/c1-2-9-18-11-13-6-5-10-20(13)12-16(21)19-15-8-4-3-7-14(15)17/h3-8,10,18H,2,9,11-12H2,1H3,(H,19,21). The molecule has 1 heterocycles. The first-order valence-electron chi connectivity index (χ1n) is 7.10. The van der Waals surface area contributed by atoms with E-state index >= 15 is 0 Å². The molecule has 0 saturated heterocycles. The Morgan fingerprint density at radius 2 is 2.05 bits per heavy atom. The van der Waals surface area contributed by atoms with E-state index < -0.39 is 0 Å². The number of anilines is 1. The quantitative estimate of drug-likeness (QED) is 0.771. The molecule has 5 heteroatoms. The van der Waals surface area contributed by atoms with Crippen LogP contribution in [-0.4, -0.2) is 17.0 Å². The van der Waals surface area contributed by atoms with Gasteiger partial charge in [-0.15, -0.1) is 0 Å². The monoisotopic (exact) mass is 305 g/mol. The van der Waals surface area contributed by atoms with Crippen molar-refractivity contribution in [2.75, 3.05) is 11.9 Å². The molecular weight excluding hydrogens is 286 g/mol. The van der Waals surface area contributed by atoms with Crippen molar-refractivity contribution in [1.82, 2.24) is 9.88 Å². The Morgan fingerprint density at radius 3 is 2.81 bits per heavy atom. The van der Waals surface area contributed by atoms with Crippen LogP contribution in [0, 0.1) is 0 Å². The number of halogens is 1. The van der Waals surface area contributed by atoms with Gasteiger partial charge < -0.3 is 15.2 Å². The molecule has 0 bridgehead atoms. The zero-order chi connectivity index (χ0) is 15.1. The van der Waals surface area contributed by atoms with Crippen LogP contribution in [-0.2, 0) is 17.9 Å². The summed E-state index contributed by atoms with van der Waals surface area (Å²) in [5.74, 6) is -0.0870. The summed E-state index contributed by atoms with van der Waals surface area (Å²) in [4.78, 5) is 12.1. The minimum atomic E-state index is -0.0870. The molecule has 0 aliphatic rings. The van der Waals surface area contributed by atoms with Crippen LogP contribution in [0.2, 0.25) is 5.02 Å². The highest BCUT2D eigenvalue weighted by molar-refractivity contribution is 6.33. The van der Waals surface area contributed by atoms with Crippen molar-refractivity contribution in [2.24, 2.45) is 0 Å². The number of rotatable bonds is 7. The number of aromatic nitrogens is 1. The van der Waals surface area contributed by atoms with Gasteiger partial charge in [0.2, 0.25) is 5.91 Å². The number of hydrogen-bond donors (Lipinski definition) is 2. The highest BCUT2D eigenvalue weighted by atomic mass is 35.5. The summed E-state index contributed by atoms with van der Waals surface area (Å²) in [5.41, 5.74) is 1.74. The van der Waals surface area contributed by atoms with E-state index in [-0.39, 0.29) is 12.5 Å². The van der Waals surface area contributed by atoms with Crippen LogP contribution in [0.5, 0.6) is 0 Å². The average Bonchev–Trinajstić information content (AvgIpc) is 2.89. The van der Waals surface area contributed by atoms with Crippen molar-refractivity contribution in [3.05, 3.63) is 53.3 Å². The van der Waals surface area contributed by atoms with Gasteiger partial charge in [-0.05, 0) is 37.2 Å². The zero-order valence-corrected chi connectivity index (χ0v) is 12.9. The molecular formula is C16H20ClN3O. The van der Waals surface area contributed by atoms with Gasteiger partial charge in [0.25, 0.3) is 0 Å². The van der Waals surface area contributed by atoms with E-state index in [4.69, 9.17) is 11.6 Å². The Labute approximate surface area is 130 Å². The summed E-state index contributed by atoms with van der Waals surface area (Å²) >= 11 is 6.03. The van der Waals surface area contributed by atoms with Gasteiger partial charge in [0.1, 0.15) is 6.54 Å². The molecule has 1 aromatic carbocycles. The Morgan fingerprint density at radius 1 is 1.24 bits per heavy atom. The number of carbonyl (C=O) groups is 1. The molecule has 21 heavy (non-hydrogen) atoms. The van der Waals surface area contributed by atoms with Gasteiger partial charge in [-0.3, -0.25) is 4.79 Å². The average molecular weight is 306 g/mol. The maximum Gasteiger partial charge on any atom is 0.244 e. The third-order valence-corrected chi connectivity index (χ3v) is 3.45. The van der Waals surface area contributed by atoms with Crippen molar-refractivity contribution in [3.8, 4) is 0 Å². The number of para-hydroxylation sites is 1. The summed E-state index contributed by atoms with van der Waals surface area (Å²) in [6.45, 7) is 4.14. The van der Waals surface area contributed by atoms with Crippen LogP contribution in [0.3, 0.4) is 0 Å². The third-order valence-electron chi connectivity index (χ3n) is 3.12. The molecule has 2 aromatic rings. The summed E-state index contributed by atoms with van der Waals surface area (Å²) in [6, 6.07) is 11.2. The van der Waals surface area contributed by atoms with Gasteiger partial charge in [-0.25, -0.2) is 0 Å². The molecule has 0 atom stereocenters. The van der Waals surface area contributed by atoms with Gasteiger partial charge in [-0.1, -0.05) is 30.7 Å². The normalized spacial score (nSPS) is 10.6. The van der Waals surface area contributed by atoms with Crippen LogP contribution in [0.4, 0.5) is 5.69 Å². The van der Waals surface area contributed by atoms with Gasteiger partial charge in [0.05, 0.1) is 10.7 Å². The number of carbonyl (C=O) groups excluding carboxylic acids is 1. The molecule has 0 fully saturated rings. The molecule has 2 N–H and O–H groups in total. The minimum Gasteiger partial charge on any atom is -0.341 e. The molecule has 0 aliphatic heterocycles. The fraction of sp³-hybridized carbons (Fsp3) is 0.312. The van der Waals surface area contributed by atoms with E-state index in [0.717, 1.165) is 25.2 Å². The number of nitrogens with zero attached hydrogens (tertiary/aromatic N) is 1.